The van der Waals surface area contributed by atoms with E-state index >= 15 is 0 Å². The molecule has 1 aromatic heterocycles. The van der Waals surface area contributed by atoms with Crippen molar-refractivity contribution in [3.8, 4) is 0 Å². The molecule has 1 saturated heterocycles. The summed E-state index contributed by atoms with van der Waals surface area (Å²) in [5.74, 6) is 0.0353. The first kappa shape index (κ1) is 21.6. The van der Waals surface area contributed by atoms with E-state index in [9.17, 15) is 9.59 Å². The van der Waals surface area contributed by atoms with E-state index in [-0.39, 0.29) is 11.8 Å². The van der Waals surface area contributed by atoms with Gasteiger partial charge in [-0.3, -0.25) is 14.5 Å². The summed E-state index contributed by atoms with van der Waals surface area (Å²) in [6.07, 6.45) is 5.51. The molecule has 2 aliphatic rings. The van der Waals surface area contributed by atoms with Gasteiger partial charge < -0.3 is 10.2 Å². The molecule has 4 rings (SSSR count). The Hall–Kier alpha value is -2.64. The largest absolute Gasteiger partial charge is 0.352 e. The number of rotatable bonds is 7. The lowest BCUT2D eigenvalue weighted by molar-refractivity contribution is -0.128. The number of halogens is 1. The number of hydrogen-bond donors (Lipinski definition) is 1. The highest BCUT2D eigenvalue weighted by molar-refractivity contribution is 6.31. The zero-order chi connectivity index (χ0) is 21.8. The average Bonchev–Trinajstić information content (AvgIpc) is 3.53. The van der Waals surface area contributed by atoms with Crippen molar-refractivity contribution >= 4 is 29.5 Å². The number of aromatic nitrogens is 2. The number of nitrogens with zero attached hydrogens (tertiary/aromatic N) is 4. The second-order valence-corrected chi connectivity index (χ2v) is 8.57. The fraction of sp³-hybridized carbons (Fsp3) is 0.435. The molecule has 1 saturated carbocycles. The summed E-state index contributed by atoms with van der Waals surface area (Å²) in [6, 6.07) is 10.4. The van der Waals surface area contributed by atoms with Gasteiger partial charge in [-0.15, -0.1) is 0 Å². The van der Waals surface area contributed by atoms with E-state index < -0.39 is 0 Å². The maximum absolute atomic E-state index is 12.6. The molecule has 1 N–H and O–H groups in total. The Labute approximate surface area is 187 Å². The first-order valence-electron chi connectivity index (χ1n) is 10.7. The molecule has 2 aromatic rings. The van der Waals surface area contributed by atoms with Crippen molar-refractivity contribution in [3.05, 3.63) is 58.4 Å². The lowest BCUT2D eigenvalue weighted by Gasteiger charge is -2.33. The minimum Gasteiger partial charge on any atom is -0.352 e. The molecule has 0 bridgehead atoms. The monoisotopic (exact) mass is 441 g/mol. The highest BCUT2D eigenvalue weighted by Gasteiger charge is 2.26. The molecule has 1 aliphatic heterocycles. The van der Waals surface area contributed by atoms with Gasteiger partial charge in [0.25, 0.3) is 0 Å². The third kappa shape index (κ3) is 5.74. The quantitative estimate of drug-likeness (QED) is 0.669. The van der Waals surface area contributed by atoms with Gasteiger partial charge in [0.2, 0.25) is 11.8 Å². The predicted molar refractivity (Wildman–Crippen MR) is 121 cm³/mol. The molecule has 7 nitrogen and oxygen atoms in total. The molecular formula is C23H28ClN5O2. The number of hydrogen-bond acceptors (Lipinski definition) is 4. The van der Waals surface area contributed by atoms with Crippen molar-refractivity contribution in [1.29, 1.82) is 0 Å². The summed E-state index contributed by atoms with van der Waals surface area (Å²) in [5.41, 5.74) is 2.67. The summed E-state index contributed by atoms with van der Waals surface area (Å²) >= 11 is 6.54. The van der Waals surface area contributed by atoms with E-state index in [1.54, 1.807) is 16.8 Å². The Kier molecular flexibility index (Phi) is 6.73. The standard InChI is InChI=1S/C23H28ClN5O2/c1-17-20(23(24)29(26-17)15-18-5-3-2-4-6-18)9-10-22(31)28-13-11-27(12-14-28)16-21(30)25-19-7-8-19/h2-6,9-10,19H,7-8,11-16H2,1H3,(H,25,30)/b10-9+. The zero-order valence-corrected chi connectivity index (χ0v) is 18.5. The van der Waals surface area contributed by atoms with Gasteiger partial charge in [-0.1, -0.05) is 41.9 Å². The molecule has 0 spiro atoms. The van der Waals surface area contributed by atoms with Crippen LogP contribution < -0.4 is 5.32 Å². The van der Waals surface area contributed by atoms with Crippen LogP contribution in [0.5, 0.6) is 0 Å². The van der Waals surface area contributed by atoms with Gasteiger partial charge in [-0.25, -0.2) is 4.68 Å². The number of carbonyl (C=O) groups excluding carboxylic acids is 2. The highest BCUT2D eigenvalue weighted by atomic mass is 35.5. The maximum Gasteiger partial charge on any atom is 0.246 e. The molecule has 2 heterocycles. The number of amides is 2. The first-order chi connectivity index (χ1) is 15.0. The SMILES string of the molecule is Cc1nn(Cc2ccccc2)c(Cl)c1/C=C/C(=O)N1CCN(CC(=O)NC2CC2)CC1. The molecular weight excluding hydrogens is 414 g/mol. The fourth-order valence-electron chi connectivity index (χ4n) is 3.71. The minimum absolute atomic E-state index is 0.0478. The van der Waals surface area contributed by atoms with E-state index in [4.69, 9.17) is 11.6 Å². The lowest BCUT2D eigenvalue weighted by Crippen LogP contribution is -2.51. The summed E-state index contributed by atoms with van der Waals surface area (Å²) in [7, 11) is 0. The van der Waals surface area contributed by atoms with Gasteiger partial charge in [0.1, 0.15) is 5.15 Å². The smallest absolute Gasteiger partial charge is 0.246 e. The summed E-state index contributed by atoms with van der Waals surface area (Å²) in [5, 5.41) is 8.06. The summed E-state index contributed by atoms with van der Waals surface area (Å²) in [4.78, 5) is 28.5. The highest BCUT2D eigenvalue weighted by Crippen LogP contribution is 2.22. The molecule has 2 fully saturated rings. The van der Waals surface area contributed by atoms with Gasteiger partial charge in [-0.2, -0.15) is 5.10 Å². The van der Waals surface area contributed by atoms with Crippen LogP contribution in [-0.4, -0.2) is 70.2 Å². The lowest BCUT2D eigenvalue weighted by atomic mass is 10.2. The first-order valence-corrected chi connectivity index (χ1v) is 11.1. The van der Waals surface area contributed by atoms with Gasteiger partial charge in [0.05, 0.1) is 18.8 Å². The second-order valence-electron chi connectivity index (χ2n) is 8.21. The minimum atomic E-state index is -0.0478. The van der Waals surface area contributed by atoms with Crippen molar-refractivity contribution in [2.24, 2.45) is 0 Å². The molecule has 1 aromatic carbocycles. The average molecular weight is 442 g/mol. The van der Waals surface area contributed by atoms with Crippen LogP contribution in [0.1, 0.15) is 29.7 Å². The molecule has 1 aliphatic carbocycles. The Morgan fingerprint density at radius 3 is 2.55 bits per heavy atom. The molecule has 0 atom stereocenters. The number of carbonyl (C=O) groups is 2. The number of piperazine rings is 1. The number of nitrogens with one attached hydrogen (secondary N) is 1. The molecule has 8 heteroatoms. The van der Waals surface area contributed by atoms with Crippen LogP contribution in [0.3, 0.4) is 0 Å². The molecule has 0 radical (unpaired) electrons. The molecule has 2 amide bonds. The van der Waals surface area contributed by atoms with Crippen LogP contribution in [0.4, 0.5) is 0 Å². The van der Waals surface area contributed by atoms with Crippen LogP contribution in [0.2, 0.25) is 5.15 Å². The normalized spacial score (nSPS) is 17.3. The Balaban J connectivity index is 1.30. The predicted octanol–water partition coefficient (Wildman–Crippen LogP) is 2.33. The maximum atomic E-state index is 12.6. The number of benzene rings is 1. The van der Waals surface area contributed by atoms with Gasteiger partial charge in [0, 0.05) is 43.9 Å². The van der Waals surface area contributed by atoms with E-state index in [1.165, 1.54) is 0 Å². The molecule has 31 heavy (non-hydrogen) atoms. The Morgan fingerprint density at radius 1 is 1.16 bits per heavy atom. The fourth-order valence-corrected chi connectivity index (χ4v) is 4.01. The van der Waals surface area contributed by atoms with Crippen molar-refractivity contribution in [2.45, 2.75) is 32.4 Å². The third-order valence-electron chi connectivity index (χ3n) is 5.67. The van der Waals surface area contributed by atoms with Gasteiger partial charge in [0.15, 0.2) is 0 Å². The molecule has 164 valence electrons. The topological polar surface area (TPSA) is 70.5 Å². The molecule has 0 unspecified atom stereocenters. The van der Waals surface area contributed by atoms with Gasteiger partial charge in [-0.05, 0) is 31.4 Å². The van der Waals surface area contributed by atoms with Crippen LogP contribution >= 0.6 is 11.6 Å². The van der Waals surface area contributed by atoms with E-state index in [0.29, 0.717) is 50.5 Å². The van der Waals surface area contributed by atoms with Crippen molar-refractivity contribution < 1.29 is 9.59 Å². The van der Waals surface area contributed by atoms with Crippen LogP contribution in [0.15, 0.2) is 36.4 Å². The number of aryl methyl sites for hydroxylation is 1. The van der Waals surface area contributed by atoms with Crippen molar-refractivity contribution in [1.82, 2.24) is 24.9 Å². The van der Waals surface area contributed by atoms with Crippen LogP contribution in [0.25, 0.3) is 6.08 Å². The van der Waals surface area contributed by atoms with Crippen LogP contribution in [-0.2, 0) is 16.1 Å². The summed E-state index contributed by atoms with van der Waals surface area (Å²) < 4.78 is 1.75. The van der Waals surface area contributed by atoms with E-state index in [0.717, 1.165) is 29.7 Å². The van der Waals surface area contributed by atoms with Crippen LogP contribution in [0, 0.1) is 6.92 Å². The van der Waals surface area contributed by atoms with Crippen molar-refractivity contribution in [3.63, 3.8) is 0 Å². The Morgan fingerprint density at radius 2 is 1.87 bits per heavy atom. The van der Waals surface area contributed by atoms with E-state index in [2.05, 4.69) is 15.3 Å². The van der Waals surface area contributed by atoms with Gasteiger partial charge >= 0.3 is 0 Å². The van der Waals surface area contributed by atoms with E-state index in [1.807, 2.05) is 42.2 Å². The summed E-state index contributed by atoms with van der Waals surface area (Å²) in [6.45, 7) is 5.50. The van der Waals surface area contributed by atoms with Crippen molar-refractivity contribution in [2.75, 3.05) is 32.7 Å². The second kappa shape index (κ2) is 9.66. The third-order valence-corrected chi connectivity index (χ3v) is 6.07. The Bertz CT molecular complexity index is 960. The zero-order valence-electron chi connectivity index (χ0n) is 17.8.